The molecule has 0 aromatic heterocycles. The summed E-state index contributed by atoms with van der Waals surface area (Å²) in [5.41, 5.74) is 0. The molecule has 1 aliphatic heterocycles. The van der Waals surface area contributed by atoms with Crippen LogP contribution in [0.4, 0.5) is 0 Å². The molecule has 1 saturated heterocycles. The molecule has 0 amide bonds. The molecule has 2 nitrogen and oxygen atoms in total. The summed E-state index contributed by atoms with van der Waals surface area (Å²) in [7, 11) is 0. The van der Waals surface area contributed by atoms with Crippen LogP contribution < -0.4 is 5.32 Å². The Labute approximate surface area is 95.4 Å². The highest BCUT2D eigenvalue weighted by Crippen LogP contribution is 2.23. The number of hydrogen-bond donors (Lipinski definition) is 1. The lowest BCUT2D eigenvalue weighted by molar-refractivity contribution is 0.0880. The highest BCUT2D eigenvalue weighted by atomic mass is 15.2. The van der Waals surface area contributed by atoms with E-state index < -0.39 is 0 Å². The molecule has 0 bridgehead atoms. The fourth-order valence-electron chi connectivity index (χ4n) is 2.60. The third-order valence-electron chi connectivity index (χ3n) is 3.58. The molecule has 1 fully saturated rings. The molecule has 3 atom stereocenters. The summed E-state index contributed by atoms with van der Waals surface area (Å²) in [6.45, 7) is 13.9. The van der Waals surface area contributed by atoms with Crippen molar-refractivity contribution in [3.05, 3.63) is 0 Å². The summed E-state index contributed by atoms with van der Waals surface area (Å²) in [4.78, 5) is 2.66. The van der Waals surface area contributed by atoms with Gasteiger partial charge in [0.15, 0.2) is 0 Å². The second-order valence-electron chi connectivity index (χ2n) is 5.63. The molecule has 0 spiro atoms. The van der Waals surface area contributed by atoms with E-state index in [2.05, 4.69) is 44.8 Å². The Balaban J connectivity index is 2.35. The quantitative estimate of drug-likeness (QED) is 0.770. The van der Waals surface area contributed by atoms with Crippen LogP contribution in [0.25, 0.3) is 0 Å². The van der Waals surface area contributed by atoms with Gasteiger partial charge in [-0.15, -0.1) is 0 Å². The molecule has 3 unspecified atom stereocenters. The zero-order valence-corrected chi connectivity index (χ0v) is 11.1. The van der Waals surface area contributed by atoms with Gasteiger partial charge in [-0.2, -0.15) is 0 Å². The number of nitrogens with one attached hydrogen (secondary N) is 1. The van der Waals surface area contributed by atoms with Crippen LogP contribution in [0.5, 0.6) is 0 Å². The van der Waals surface area contributed by atoms with E-state index in [1.54, 1.807) is 0 Å². The Hall–Kier alpha value is -0.0800. The number of rotatable bonds is 4. The van der Waals surface area contributed by atoms with Gasteiger partial charge in [0.2, 0.25) is 0 Å². The molecular formula is C13H28N2. The third kappa shape index (κ3) is 4.12. The van der Waals surface area contributed by atoms with Crippen molar-refractivity contribution >= 4 is 0 Å². The average Bonchev–Trinajstić information content (AvgIpc) is 2.14. The van der Waals surface area contributed by atoms with Gasteiger partial charge in [-0.3, -0.25) is 4.90 Å². The van der Waals surface area contributed by atoms with Crippen molar-refractivity contribution in [2.75, 3.05) is 13.1 Å². The summed E-state index contributed by atoms with van der Waals surface area (Å²) in [5, 5.41) is 3.53. The second-order valence-corrected chi connectivity index (χ2v) is 5.63. The predicted molar refractivity (Wildman–Crippen MR) is 67.2 cm³/mol. The maximum atomic E-state index is 3.53. The van der Waals surface area contributed by atoms with E-state index in [1.807, 2.05) is 0 Å². The fourth-order valence-corrected chi connectivity index (χ4v) is 2.60. The normalized spacial score (nSPS) is 30.8. The summed E-state index contributed by atoms with van der Waals surface area (Å²) in [6, 6.07) is 2.04. The second kappa shape index (κ2) is 5.86. The molecule has 0 saturated carbocycles. The van der Waals surface area contributed by atoms with Crippen LogP contribution in [0.15, 0.2) is 0 Å². The lowest BCUT2D eigenvalue weighted by Crippen LogP contribution is -2.49. The van der Waals surface area contributed by atoms with Gasteiger partial charge in [0, 0.05) is 24.7 Å². The zero-order valence-electron chi connectivity index (χ0n) is 11.1. The average molecular weight is 212 g/mol. The van der Waals surface area contributed by atoms with Crippen molar-refractivity contribution in [2.45, 2.75) is 65.6 Å². The Kier molecular flexibility index (Phi) is 5.07. The standard InChI is InChI=1S/C13H28N2/c1-10(2)14-9-13(5)15-7-6-11(3)8-12(15)4/h10-14H,6-9H2,1-5H3. The van der Waals surface area contributed by atoms with Crippen molar-refractivity contribution in [3.8, 4) is 0 Å². The molecule has 1 N–H and O–H groups in total. The first-order chi connectivity index (χ1) is 7.00. The van der Waals surface area contributed by atoms with E-state index in [-0.39, 0.29) is 0 Å². The topological polar surface area (TPSA) is 15.3 Å². The molecule has 0 radical (unpaired) electrons. The Bertz CT molecular complexity index is 179. The maximum absolute atomic E-state index is 3.53. The summed E-state index contributed by atoms with van der Waals surface area (Å²) >= 11 is 0. The van der Waals surface area contributed by atoms with Crippen molar-refractivity contribution < 1.29 is 0 Å². The zero-order chi connectivity index (χ0) is 11.4. The molecule has 0 aromatic rings. The molecule has 90 valence electrons. The first kappa shape index (κ1) is 13.0. The van der Waals surface area contributed by atoms with Crippen LogP contribution in [-0.4, -0.2) is 36.1 Å². The van der Waals surface area contributed by atoms with Crippen LogP contribution in [0.3, 0.4) is 0 Å². The van der Waals surface area contributed by atoms with Crippen LogP contribution in [0.2, 0.25) is 0 Å². The van der Waals surface area contributed by atoms with E-state index in [0.29, 0.717) is 12.1 Å². The Morgan fingerprint density at radius 1 is 1.27 bits per heavy atom. The first-order valence-electron chi connectivity index (χ1n) is 6.49. The van der Waals surface area contributed by atoms with Gasteiger partial charge in [-0.05, 0) is 39.2 Å². The van der Waals surface area contributed by atoms with Crippen LogP contribution in [0, 0.1) is 5.92 Å². The molecule has 0 aromatic carbocycles. The van der Waals surface area contributed by atoms with Crippen LogP contribution >= 0.6 is 0 Å². The van der Waals surface area contributed by atoms with Gasteiger partial charge >= 0.3 is 0 Å². The molecule has 15 heavy (non-hydrogen) atoms. The summed E-state index contributed by atoms with van der Waals surface area (Å²) in [6.07, 6.45) is 2.74. The molecular weight excluding hydrogens is 184 g/mol. The van der Waals surface area contributed by atoms with E-state index in [4.69, 9.17) is 0 Å². The first-order valence-corrected chi connectivity index (χ1v) is 6.49. The summed E-state index contributed by atoms with van der Waals surface area (Å²) < 4.78 is 0. The lowest BCUT2D eigenvalue weighted by atomic mass is 9.92. The summed E-state index contributed by atoms with van der Waals surface area (Å²) in [5.74, 6) is 0.918. The van der Waals surface area contributed by atoms with Crippen molar-refractivity contribution in [1.82, 2.24) is 10.2 Å². The molecule has 1 aliphatic rings. The van der Waals surface area contributed by atoms with Gasteiger partial charge in [-0.1, -0.05) is 20.8 Å². The Morgan fingerprint density at radius 3 is 2.47 bits per heavy atom. The van der Waals surface area contributed by atoms with Crippen LogP contribution in [-0.2, 0) is 0 Å². The number of likely N-dealkylation sites (tertiary alicyclic amines) is 1. The lowest BCUT2D eigenvalue weighted by Gasteiger charge is -2.40. The van der Waals surface area contributed by atoms with Gasteiger partial charge in [-0.25, -0.2) is 0 Å². The number of nitrogens with zero attached hydrogens (tertiary/aromatic N) is 1. The fraction of sp³-hybridized carbons (Fsp3) is 1.00. The molecule has 2 heteroatoms. The van der Waals surface area contributed by atoms with Gasteiger partial charge in [0.25, 0.3) is 0 Å². The maximum Gasteiger partial charge on any atom is 0.0195 e. The van der Waals surface area contributed by atoms with E-state index in [9.17, 15) is 0 Å². The minimum absolute atomic E-state index is 0.603. The molecule has 1 rings (SSSR count). The van der Waals surface area contributed by atoms with E-state index in [1.165, 1.54) is 19.4 Å². The largest absolute Gasteiger partial charge is 0.313 e. The third-order valence-corrected chi connectivity index (χ3v) is 3.58. The van der Waals surface area contributed by atoms with E-state index >= 15 is 0 Å². The number of piperidine rings is 1. The van der Waals surface area contributed by atoms with Crippen molar-refractivity contribution in [3.63, 3.8) is 0 Å². The van der Waals surface area contributed by atoms with Gasteiger partial charge < -0.3 is 5.32 Å². The Morgan fingerprint density at radius 2 is 1.93 bits per heavy atom. The SMILES string of the molecule is CC1CCN(C(C)CNC(C)C)C(C)C1. The highest BCUT2D eigenvalue weighted by Gasteiger charge is 2.26. The number of hydrogen-bond acceptors (Lipinski definition) is 2. The minimum Gasteiger partial charge on any atom is -0.313 e. The highest BCUT2D eigenvalue weighted by molar-refractivity contribution is 4.81. The van der Waals surface area contributed by atoms with Gasteiger partial charge in [0.05, 0.1) is 0 Å². The van der Waals surface area contributed by atoms with Crippen LogP contribution in [0.1, 0.15) is 47.5 Å². The smallest absolute Gasteiger partial charge is 0.0195 e. The monoisotopic (exact) mass is 212 g/mol. The van der Waals surface area contributed by atoms with Crippen molar-refractivity contribution in [1.29, 1.82) is 0 Å². The van der Waals surface area contributed by atoms with E-state index in [0.717, 1.165) is 18.5 Å². The molecule has 0 aliphatic carbocycles. The predicted octanol–water partition coefficient (Wildman–Crippen LogP) is 2.49. The van der Waals surface area contributed by atoms with Crippen molar-refractivity contribution in [2.24, 2.45) is 5.92 Å². The van der Waals surface area contributed by atoms with Gasteiger partial charge in [0.1, 0.15) is 0 Å². The minimum atomic E-state index is 0.603. The molecule has 1 heterocycles.